The maximum Gasteiger partial charge on any atom is 0.257 e. The van der Waals surface area contributed by atoms with Crippen LogP contribution in [0.1, 0.15) is 37.7 Å². The number of carbonyl (C=O) groups excluding carboxylic acids is 3. The molecule has 1 unspecified atom stereocenters. The second-order valence-corrected chi connectivity index (χ2v) is 9.28. The summed E-state index contributed by atoms with van der Waals surface area (Å²) >= 11 is 0. The number of rotatable bonds is 6. The molecule has 3 aliphatic rings. The molecule has 0 radical (unpaired) electrons. The van der Waals surface area contributed by atoms with Crippen molar-refractivity contribution in [1.29, 1.82) is 0 Å². The molecule has 3 fully saturated rings. The minimum Gasteiger partial charge on any atom is -0.327 e. The zero-order chi connectivity index (χ0) is 22.9. The lowest BCUT2D eigenvalue weighted by Crippen LogP contribution is -2.54. The highest BCUT2D eigenvalue weighted by Crippen LogP contribution is 2.36. The molecule has 7 heteroatoms. The van der Waals surface area contributed by atoms with Gasteiger partial charge in [0.1, 0.15) is 11.9 Å². The van der Waals surface area contributed by atoms with E-state index >= 15 is 0 Å². The van der Waals surface area contributed by atoms with Gasteiger partial charge < -0.3 is 4.90 Å². The third kappa shape index (κ3) is 4.55. The lowest BCUT2D eigenvalue weighted by molar-refractivity contribution is -0.143. The maximum atomic E-state index is 13.3. The predicted octanol–water partition coefficient (Wildman–Crippen LogP) is 3.36. The largest absolute Gasteiger partial charge is 0.327 e. The van der Waals surface area contributed by atoms with Gasteiger partial charge in [-0.15, -0.1) is 0 Å². The van der Waals surface area contributed by atoms with E-state index in [-0.39, 0.29) is 36.1 Å². The number of piperidine rings is 1. The van der Waals surface area contributed by atoms with Gasteiger partial charge in [-0.2, -0.15) is 0 Å². The van der Waals surface area contributed by atoms with Crippen molar-refractivity contribution in [2.75, 3.05) is 18.0 Å². The van der Waals surface area contributed by atoms with Gasteiger partial charge in [-0.25, -0.2) is 9.29 Å². The number of likely N-dealkylation sites (tertiary alicyclic amines) is 1. The fourth-order valence-corrected chi connectivity index (χ4v) is 5.02. The van der Waals surface area contributed by atoms with Crippen LogP contribution in [0.2, 0.25) is 0 Å². The highest BCUT2D eigenvalue weighted by Gasteiger charge is 2.49. The Kier molecular flexibility index (Phi) is 5.98. The Morgan fingerprint density at radius 1 is 0.939 bits per heavy atom. The zero-order valence-corrected chi connectivity index (χ0v) is 18.5. The molecule has 0 bridgehead atoms. The van der Waals surface area contributed by atoms with Crippen molar-refractivity contribution in [2.24, 2.45) is 5.92 Å². The molecule has 1 aliphatic carbocycles. The topological polar surface area (TPSA) is 60.9 Å². The van der Waals surface area contributed by atoms with E-state index in [1.807, 2.05) is 18.2 Å². The average Bonchev–Trinajstić information content (AvgIpc) is 3.63. The van der Waals surface area contributed by atoms with E-state index in [2.05, 4.69) is 17.0 Å². The molecule has 2 aromatic carbocycles. The molecule has 2 saturated heterocycles. The van der Waals surface area contributed by atoms with Gasteiger partial charge in [-0.3, -0.25) is 19.3 Å². The molecule has 0 aromatic heterocycles. The SMILES string of the molecule is O=C1CC(N(C(=O)C2CC2)C2CCN(Cc3ccccc3)CC2)C(=O)N1c1ccc(F)cc1. The molecule has 2 aromatic rings. The summed E-state index contributed by atoms with van der Waals surface area (Å²) in [5.41, 5.74) is 1.61. The predicted molar refractivity (Wildman–Crippen MR) is 122 cm³/mol. The first-order valence-electron chi connectivity index (χ1n) is 11.7. The summed E-state index contributed by atoms with van der Waals surface area (Å²) in [5, 5.41) is 0. The fraction of sp³-hybridized carbons (Fsp3) is 0.423. The lowest BCUT2D eigenvalue weighted by atomic mass is 9.99. The van der Waals surface area contributed by atoms with Gasteiger partial charge in [0.05, 0.1) is 12.1 Å². The quantitative estimate of drug-likeness (QED) is 0.635. The van der Waals surface area contributed by atoms with Gasteiger partial charge in [-0.1, -0.05) is 30.3 Å². The normalized spacial score (nSPS) is 22.1. The van der Waals surface area contributed by atoms with Crippen LogP contribution in [0.4, 0.5) is 10.1 Å². The van der Waals surface area contributed by atoms with Crippen LogP contribution >= 0.6 is 0 Å². The van der Waals surface area contributed by atoms with E-state index in [0.29, 0.717) is 5.69 Å². The molecule has 172 valence electrons. The Hall–Kier alpha value is -3.06. The first-order valence-corrected chi connectivity index (χ1v) is 11.7. The van der Waals surface area contributed by atoms with Crippen LogP contribution in [0.3, 0.4) is 0 Å². The third-order valence-electron chi connectivity index (χ3n) is 6.92. The third-order valence-corrected chi connectivity index (χ3v) is 6.92. The molecule has 2 aliphatic heterocycles. The van der Waals surface area contributed by atoms with Crippen molar-refractivity contribution in [3.8, 4) is 0 Å². The minimum absolute atomic E-state index is 0.00335. The molecular formula is C26H28FN3O3. The van der Waals surface area contributed by atoms with Crippen molar-refractivity contribution in [1.82, 2.24) is 9.80 Å². The Labute approximate surface area is 193 Å². The number of carbonyl (C=O) groups is 3. The summed E-state index contributed by atoms with van der Waals surface area (Å²) in [6, 6.07) is 14.8. The van der Waals surface area contributed by atoms with Gasteiger partial charge in [0.25, 0.3) is 5.91 Å². The van der Waals surface area contributed by atoms with E-state index in [0.717, 1.165) is 50.2 Å². The molecule has 0 spiro atoms. The molecule has 1 saturated carbocycles. The maximum absolute atomic E-state index is 13.3. The van der Waals surface area contributed by atoms with Gasteiger partial charge in [0, 0.05) is 31.6 Å². The van der Waals surface area contributed by atoms with E-state index in [9.17, 15) is 18.8 Å². The minimum atomic E-state index is -0.777. The van der Waals surface area contributed by atoms with Crippen LogP contribution in [-0.2, 0) is 20.9 Å². The Balaban J connectivity index is 1.31. The molecule has 1 atom stereocenters. The number of nitrogens with zero attached hydrogens (tertiary/aromatic N) is 3. The summed E-state index contributed by atoms with van der Waals surface area (Å²) in [7, 11) is 0. The standard InChI is InChI=1S/C26H28FN3O3/c27-20-8-10-21(11-9-20)30-24(31)16-23(26(30)33)29(25(32)19-6-7-19)22-12-14-28(15-13-22)17-18-4-2-1-3-5-18/h1-5,8-11,19,22-23H,6-7,12-17H2. The van der Waals surface area contributed by atoms with E-state index < -0.39 is 11.9 Å². The van der Waals surface area contributed by atoms with Crippen LogP contribution in [0.15, 0.2) is 54.6 Å². The second kappa shape index (κ2) is 9.06. The van der Waals surface area contributed by atoms with Gasteiger partial charge in [0.15, 0.2) is 0 Å². The average molecular weight is 450 g/mol. The number of hydrogen-bond donors (Lipinski definition) is 0. The van der Waals surface area contributed by atoms with Crippen LogP contribution in [-0.4, -0.2) is 52.7 Å². The molecule has 6 nitrogen and oxygen atoms in total. The second-order valence-electron chi connectivity index (χ2n) is 9.28. The van der Waals surface area contributed by atoms with Crippen molar-refractivity contribution in [3.63, 3.8) is 0 Å². The molecule has 33 heavy (non-hydrogen) atoms. The number of anilines is 1. The van der Waals surface area contributed by atoms with Gasteiger partial charge in [0.2, 0.25) is 11.8 Å². The summed E-state index contributed by atoms with van der Waals surface area (Å²) in [4.78, 5) is 44.7. The molecule has 5 rings (SSSR count). The van der Waals surface area contributed by atoms with E-state index in [4.69, 9.17) is 0 Å². The van der Waals surface area contributed by atoms with Crippen LogP contribution in [0.5, 0.6) is 0 Å². The van der Waals surface area contributed by atoms with E-state index in [1.165, 1.54) is 29.8 Å². The number of imide groups is 1. The zero-order valence-electron chi connectivity index (χ0n) is 18.5. The van der Waals surface area contributed by atoms with E-state index in [1.54, 1.807) is 4.90 Å². The molecule has 0 N–H and O–H groups in total. The summed E-state index contributed by atoms with van der Waals surface area (Å²) in [6.45, 7) is 2.54. The molecule has 3 amide bonds. The Morgan fingerprint density at radius 3 is 2.24 bits per heavy atom. The smallest absolute Gasteiger partial charge is 0.257 e. The fourth-order valence-electron chi connectivity index (χ4n) is 5.02. The summed E-state index contributed by atoms with van der Waals surface area (Å²) in [6.07, 6.45) is 3.23. The highest BCUT2D eigenvalue weighted by atomic mass is 19.1. The monoisotopic (exact) mass is 449 g/mol. The highest BCUT2D eigenvalue weighted by molar-refractivity contribution is 6.23. The first-order chi connectivity index (χ1) is 16.0. The first kappa shape index (κ1) is 21.8. The number of hydrogen-bond acceptors (Lipinski definition) is 4. The van der Waals surface area contributed by atoms with Crippen LogP contribution in [0, 0.1) is 11.7 Å². The van der Waals surface area contributed by atoms with Crippen LogP contribution in [0.25, 0.3) is 0 Å². The van der Waals surface area contributed by atoms with Crippen molar-refractivity contribution in [2.45, 2.75) is 50.7 Å². The Bertz CT molecular complexity index is 1030. The van der Waals surface area contributed by atoms with Crippen molar-refractivity contribution < 1.29 is 18.8 Å². The van der Waals surface area contributed by atoms with Crippen molar-refractivity contribution in [3.05, 3.63) is 66.0 Å². The molecular weight excluding hydrogens is 421 g/mol. The lowest BCUT2D eigenvalue weighted by Gasteiger charge is -2.41. The Morgan fingerprint density at radius 2 is 1.61 bits per heavy atom. The van der Waals surface area contributed by atoms with Crippen LogP contribution < -0.4 is 4.90 Å². The summed E-state index contributed by atoms with van der Waals surface area (Å²) < 4.78 is 13.3. The number of halogens is 1. The van der Waals surface area contributed by atoms with Gasteiger partial charge in [-0.05, 0) is 55.5 Å². The summed E-state index contributed by atoms with van der Waals surface area (Å²) in [5.74, 6) is -1.18. The van der Waals surface area contributed by atoms with Crippen molar-refractivity contribution >= 4 is 23.4 Å². The number of benzene rings is 2. The molecule has 2 heterocycles. The number of amides is 3. The van der Waals surface area contributed by atoms with Gasteiger partial charge >= 0.3 is 0 Å².